The third-order valence-corrected chi connectivity index (χ3v) is 8.54. The fourth-order valence-electron chi connectivity index (χ4n) is 5.23. The quantitative estimate of drug-likeness (QED) is 0.150. The Morgan fingerprint density at radius 2 is 1.86 bits per heavy atom. The van der Waals surface area contributed by atoms with Gasteiger partial charge < -0.3 is 30.7 Å². The van der Waals surface area contributed by atoms with Crippen LogP contribution in [0.2, 0.25) is 0 Å². The highest BCUT2D eigenvalue weighted by molar-refractivity contribution is 7.20. The number of alkyl halides is 3. The molecule has 0 amide bonds. The summed E-state index contributed by atoms with van der Waals surface area (Å²) < 4.78 is 61.7. The van der Waals surface area contributed by atoms with E-state index in [0.717, 1.165) is 36.1 Å². The normalized spacial score (nSPS) is 16.8. The van der Waals surface area contributed by atoms with Gasteiger partial charge in [0.25, 0.3) is 0 Å². The van der Waals surface area contributed by atoms with E-state index in [1.54, 1.807) is 12.1 Å². The number of aliphatic hydroxyl groups is 1. The Bertz CT molecular complexity index is 1500. The summed E-state index contributed by atoms with van der Waals surface area (Å²) in [5, 5.41) is 27.7. The molecule has 0 aliphatic heterocycles. The lowest BCUT2D eigenvalue weighted by Crippen LogP contribution is -2.36. The zero-order valence-electron chi connectivity index (χ0n) is 24.1. The molecule has 230 valence electrons. The molecule has 1 heterocycles. The van der Waals surface area contributed by atoms with E-state index in [0.29, 0.717) is 16.3 Å². The molecule has 7 nitrogen and oxygen atoms in total. The van der Waals surface area contributed by atoms with Crippen LogP contribution < -0.4 is 20.7 Å². The van der Waals surface area contributed by atoms with E-state index >= 15 is 0 Å². The SMILES string of the molecule is CN(C)C1CCC(Nc2cccc3c(CC(F)(F)F)c(C#CCNc4cc(F)c(NCCO)cc4OCC#N)sc23)CC1. The molecule has 4 rings (SSSR count). The van der Waals surface area contributed by atoms with E-state index in [1.807, 2.05) is 12.1 Å². The van der Waals surface area contributed by atoms with Crippen LogP contribution in [0, 0.1) is 29.0 Å². The highest BCUT2D eigenvalue weighted by Crippen LogP contribution is 2.40. The van der Waals surface area contributed by atoms with Gasteiger partial charge in [0.2, 0.25) is 0 Å². The van der Waals surface area contributed by atoms with Gasteiger partial charge in [-0.15, -0.1) is 11.3 Å². The summed E-state index contributed by atoms with van der Waals surface area (Å²) in [6, 6.07) is 10.6. The zero-order valence-corrected chi connectivity index (χ0v) is 24.9. The lowest BCUT2D eigenvalue weighted by molar-refractivity contribution is -0.126. The molecule has 12 heteroatoms. The zero-order chi connectivity index (χ0) is 31.0. The molecule has 43 heavy (non-hydrogen) atoms. The predicted molar refractivity (Wildman–Crippen MR) is 163 cm³/mol. The van der Waals surface area contributed by atoms with Crippen molar-refractivity contribution in [2.24, 2.45) is 0 Å². The van der Waals surface area contributed by atoms with Crippen molar-refractivity contribution in [2.75, 3.05) is 56.3 Å². The molecular weight excluding hydrogens is 582 g/mol. The number of ether oxygens (including phenoxy) is 1. The van der Waals surface area contributed by atoms with E-state index in [9.17, 15) is 17.6 Å². The number of benzene rings is 2. The maximum atomic E-state index is 14.6. The lowest BCUT2D eigenvalue weighted by Gasteiger charge is -2.33. The summed E-state index contributed by atoms with van der Waals surface area (Å²) in [5.74, 6) is 5.36. The first-order valence-corrected chi connectivity index (χ1v) is 14.9. The van der Waals surface area contributed by atoms with Gasteiger partial charge in [-0.05, 0) is 56.8 Å². The van der Waals surface area contributed by atoms with Crippen LogP contribution in [0.25, 0.3) is 10.1 Å². The fourth-order valence-corrected chi connectivity index (χ4v) is 6.40. The number of halogens is 4. The van der Waals surface area contributed by atoms with Crippen LogP contribution in [0.15, 0.2) is 30.3 Å². The molecule has 0 saturated heterocycles. The highest BCUT2D eigenvalue weighted by Gasteiger charge is 2.31. The van der Waals surface area contributed by atoms with E-state index < -0.39 is 18.4 Å². The number of hydrogen-bond donors (Lipinski definition) is 4. The maximum absolute atomic E-state index is 14.6. The van der Waals surface area contributed by atoms with Crippen LogP contribution in [0.1, 0.15) is 36.1 Å². The molecule has 0 unspecified atom stereocenters. The van der Waals surface area contributed by atoms with E-state index in [2.05, 4.69) is 46.8 Å². The minimum Gasteiger partial charge on any atom is -0.477 e. The first-order valence-electron chi connectivity index (χ1n) is 14.0. The van der Waals surface area contributed by atoms with Crippen molar-refractivity contribution in [2.45, 2.75) is 50.4 Å². The molecule has 2 aromatic carbocycles. The van der Waals surface area contributed by atoms with Crippen LogP contribution in [0.5, 0.6) is 5.75 Å². The van der Waals surface area contributed by atoms with E-state index in [-0.39, 0.29) is 55.0 Å². The summed E-state index contributed by atoms with van der Waals surface area (Å²) >= 11 is 1.24. The van der Waals surface area contributed by atoms with Gasteiger partial charge in [0.15, 0.2) is 6.61 Å². The van der Waals surface area contributed by atoms with Crippen molar-refractivity contribution in [3.05, 3.63) is 46.6 Å². The average molecular weight is 618 g/mol. The van der Waals surface area contributed by atoms with Crippen LogP contribution in [0.3, 0.4) is 0 Å². The largest absolute Gasteiger partial charge is 0.477 e. The number of fused-ring (bicyclic) bond motifs is 1. The van der Waals surface area contributed by atoms with Crippen LogP contribution in [-0.4, -0.2) is 68.7 Å². The van der Waals surface area contributed by atoms with Crippen molar-refractivity contribution in [1.82, 2.24) is 4.90 Å². The smallest absolute Gasteiger partial charge is 0.393 e. The Kier molecular flexibility index (Phi) is 11.0. The number of aliphatic hydroxyl groups excluding tert-OH is 1. The Labute approximate surface area is 252 Å². The van der Waals surface area contributed by atoms with Crippen molar-refractivity contribution >= 4 is 38.5 Å². The van der Waals surface area contributed by atoms with Gasteiger partial charge in [-0.25, -0.2) is 4.39 Å². The Hall–Kier alpha value is -3.71. The summed E-state index contributed by atoms with van der Waals surface area (Å²) in [7, 11) is 4.16. The molecule has 1 aliphatic carbocycles. The number of nitrogens with one attached hydrogen (secondary N) is 3. The molecule has 4 N–H and O–H groups in total. The second-order valence-corrected chi connectivity index (χ2v) is 11.6. The van der Waals surface area contributed by atoms with E-state index in [1.165, 1.54) is 23.5 Å². The highest BCUT2D eigenvalue weighted by atomic mass is 32.1. The fraction of sp³-hybridized carbons (Fsp3) is 0.452. The number of nitrogens with zero attached hydrogens (tertiary/aromatic N) is 2. The number of thiophene rings is 1. The Balaban J connectivity index is 1.57. The van der Waals surface area contributed by atoms with E-state index in [4.69, 9.17) is 15.1 Å². The van der Waals surface area contributed by atoms with Crippen molar-refractivity contribution < 1.29 is 27.4 Å². The minimum atomic E-state index is -4.41. The first-order chi connectivity index (χ1) is 20.6. The number of nitriles is 1. The molecule has 0 radical (unpaired) electrons. The second-order valence-electron chi connectivity index (χ2n) is 10.6. The summed E-state index contributed by atoms with van der Waals surface area (Å²) in [6.45, 7) is -0.364. The van der Waals surface area contributed by atoms with Crippen LogP contribution >= 0.6 is 11.3 Å². The molecule has 3 aromatic rings. The van der Waals surface area contributed by atoms with Gasteiger partial charge in [0, 0.05) is 30.8 Å². The Morgan fingerprint density at radius 1 is 1.09 bits per heavy atom. The number of anilines is 3. The monoisotopic (exact) mass is 617 g/mol. The van der Waals surface area contributed by atoms with Gasteiger partial charge in [0.05, 0.1) is 46.2 Å². The molecule has 1 aliphatic rings. The second kappa shape index (κ2) is 14.6. The Morgan fingerprint density at radius 3 is 2.53 bits per heavy atom. The maximum Gasteiger partial charge on any atom is 0.393 e. The summed E-state index contributed by atoms with van der Waals surface area (Å²) in [4.78, 5) is 2.57. The molecule has 0 bridgehead atoms. The lowest BCUT2D eigenvalue weighted by atomic mass is 9.90. The van der Waals surface area contributed by atoms with Crippen molar-refractivity contribution in [3.8, 4) is 23.7 Å². The molecule has 1 saturated carbocycles. The number of hydrogen-bond acceptors (Lipinski definition) is 8. The van der Waals surface area contributed by atoms with Gasteiger partial charge in [-0.2, -0.15) is 18.4 Å². The average Bonchev–Trinajstić information content (AvgIpc) is 3.31. The molecule has 0 atom stereocenters. The van der Waals surface area contributed by atoms with Gasteiger partial charge >= 0.3 is 6.18 Å². The third kappa shape index (κ3) is 8.66. The van der Waals surface area contributed by atoms with Crippen molar-refractivity contribution in [1.29, 1.82) is 5.26 Å². The predicted octanol–water partition coefficient (Wildman–Crippen LogP) is 6.20. The topological polar surface area (TPSA) is 92.6 Å². The third-order valence-electron chi connectivity index (χ3n) is 7.34. The first kappa shape index (κ1) is 32.2. The number of rotatable bonds is 11. The molecule has 1 fully saturated rings. The standard InChI is InChI=1S/C31H35F4N5O2S/c1-40(2)21-10-8-20(9-11-21)39-25-6-3-5-22-23(19-31(33,34)35)29(43-30(22)25)7-4-13-37-27-17-24(32)26(38-14-15-41)18-28(27)42-16-12-36/h3,5-6,17-18,20-21,37-39,41H,8-11,13-16,19H2,1-2H3. The summed E-state index contributed by atoms with van der Waals surface area (Å²) in [6.07, 6.45) is -1.42. The van der Waals surface area contributed by atoms with Gasteiger partial charge in [-0.1, -0.05) is 24.0 Å². The molecule has 1 aromatic heterocycles. The van der Waals surface area contributed by atoms with Gasteiger partial charge in [0.1, 0.15) is 17.6 Å². The molecule has 0 spiro atoms. The van der Waals surface area contributed by atoms with Gasteiger partial charge in [-0.3, -0.25) is 0 Å². The minimum absolute atomic E-state index is 0.00824. The summed E-state index contributed by atoms with van der Waals surface area (Å²) in [5.41, 5.74) is 1.29. The van der Waals surface area contributed by atoms with Crippen LogP contribution in [0.4, 0.5) is 34.6 Å². The molecular formula is C31H35F4N5O2S. The van der Waals surface area contributed by atoms with Crippen LogP contribution in [-0.2, 0) is 6.42 Å². The van der Waals surface area contributed by atoms with Crippen molar-refractivity contribution in [3.63, 3.8) is 0 Å².